The first kappa shape index (κ1) is 15.9. The van der Waals surface area contributed by atoms with Gasteiger partial charge in [0, 0.05) is 18.4 Å². The van der Waals surface area contributed by atoms with Gasteiger partial charge in [-0.3, -0.25) is 9.88 Å². The molecule has 0 aliphatic carbocycles. The lowest BCUT2D eigenvalue weighted by atomic mass is 9.97. The highest BCUT2D eigenvalue weighted by Gasteiger charge is 2.35. The Morgan fingerprint density at radius 2 is 2.05 bits per heavy atom. The highest BCUT2D eigenvalue weighted by molar-refractivity contribution is 5.16. The number of likely N-dealkylation sites (N-methyl/N-ethyl adjacent to an activating group) is 1. The Balaban J connectivity index is 3.02. The van der Waals surface area contributed by atoms with Crippen molar-refractivity contribution < 1.29 is 13.2 Å². The van der Waals surface area contributed by atoms with Gasteiger partial charge in [0.2, 0.25) is 0 Å². The van der Waals surface area contributed by atoms with Gasteiger partial charge in [0.1, 0.15) is 0 Å². The van der Waals surface area contributed by atoms with E-state index in [4.69, 9.17) is 5.73 Å². The van der Waals surface area contributed by atoms with Crippen LogP contribution in [0.25, 0.3) is 0 Å². The summed E-state index contributed by atoms with van der Waals surface area (Å²) in [5.74, 6) is 0. The van der Waals surface area contributed by atoms with Crippen molar-refractivity contribution in [2.24, 2.45) is 5.73 Å². The summed E-state index contributed by atoms with van der Waals surface area (Å²) in [6, 6.07) is 2.66. The molecule has 1 heterocycles. The number of aromatic nitrogens is 1. The monoisotopic (exact) mass is 275 g/mol. The van der Waals surface area contributed by atoms with Crippen molar-refractivity contribution >= 4 is 0 Å². The third kappa shape index (κ3) is 4.80. The standard InChI is InChI=1S/C13H20F3N3/c1-3-11(17)12(10-6-5-7-18-8-10)19(4-2)9-13(14,15)16/h5-8,11-12H,3-4,9,17H2,1-2H3. The van der Waals surface area contributed by atoms with Crippen LogP contribution in [0.1, 0.15) is 31.9 Å². The Morgan fingerprint density at radius 3 is 2.47 bits per heavy atom. The molecule has 0 aromatic carbocycles. The first-order chi connectivity index (χ1) is 8.89. The predicted octanol–water partition coefficient (Wildman–Crippen LogP) is 2.74. The maximum atomic E-state index is 12.6. The summed E-state index contributed by atoms with van der Waals surface area (Å²) in [4.78, 5) is 5.32. The van der Waals surface area contributed by atoms with Gasteiger partial charge in [-0.25, -0.2) is 0 Å². The first-order valence-corrected chi connectivity index (χ1v) is 6.35. The maximum absolute atomic E-state index is 12.6. The summed E-state index contributed by atoms with van der Waals surface area (Å²) >= 11 is 0. The SMILES string of the molecule is CCC(N)C(c1cccnc1)N(CC)CC(F)(F)F. The van der Waals surface area contributed by atoms with Crippen molar-refractivity contribution in [3.63, 3.8) is 0 Å². The van der Waals surface area contributed by atoms with Crippen molar-refractivity contribution in [1.29, 1.82) is 0 Å². The molecular formula is C13H20F3N3. The number of alkyl halides is 3. The van der Waals surface area contributed by atoms with Crippen molar-refractivity contribution in [3.05, 3.63) is 30.1 Å². The van der Waals surface area contributed by atoms with Crippen LogP contribution in [0, 0.1) is 0 Å². The number of nitrogens with two attached hydrogens (primary N) is 1. The van der Waals surface area contributed by atoms with E-state index in [2.05, 4.69) is 4.98 Å². The molecule has 0 fully saturated rings. The minimum Gasteiger partial charge on any atom is -0.326 e. The summed E-state index contributed by atoms with van der Waals surface area (Å²) in [7, 11) is 0. The molecule has 0 aliphatic heterocycles. The average Bonchev–Trinajstić information content (AvgIpc) is 2.37. The van der Waals surface area contributed by atoms with Gasteiger partial charge in [-0.2, -0.15) is 13.2 Å². The number of nitrogens with zero attached hydrogens (tertiary/aromatic N) is 2. The largest absolute Gasteiger partial charge is 0.401 e. The lowest BCUT2D eigenvalue weighted by Gasteiger charge is -2.35. The van der Waals surface area contributed by atoms with E-state index in [1.807, 2.05) is 6.92 Å². The molecule has 1 aromatic heterocycles. The second-order valence-electron chi connectivity index (χ2n) is 4.48. The second-order valence-corrected chi connectivity index (χ2v) is 4.48. The van der Waals surface area contributed by atoms with Crippen LogP contribution in [0.15, 0.2) is 24.5 Å². The van der Waals surface area contributed by atoms with E-state index in [-0.39, 0.29) is 12.6 Å². The molecule has 2 unspecified atom stereocenters. The molecule has 6 heteroatoms. The van der Waals surface area contributed by atoms with E-state index < -0.39 is 18.8 Å². The molecule has 1 rings (SSSR count). The van der Waals surface area contributed by atoms with E-state index in [0.29, 0.717) is 6.42 Å². The van der Waals surface area contributed by atoms with E-state index in [1.165, 1.54) is 4.90 Å². The molecule has 0 spiro atoms. The fourth-order valence-corrected chi connectivity index (χ4v) is 2.14. The molecule has 19 heavy (non-hydrogen) atoms. The Kier molecular flexibility index (Phi) is 5.75. The van der Waals surface area contributed by atoms with Crippen molar-refractivity contribution in [2.45, 2.75) is 38.5 Å². The van der Waals surface area contributed by atoms with Crippen LogP contribution >= 0.6 is 0 Å². The van der Waals surface area contributed by atoms with Crippen LogP contribution in [0.4, 0.5) is 13.2 Å². The topological polar surface area (TPSA) is 42.1 Å². The van der Waals surface area contributed by atoms with Crippen LogP contribution < -0.4 is 5.73 Å². The number of hydrogen-bond acceptors (Lipinski definition) is 3. The zero-order valence-corrected chi connectivity index (χ0v) is 11.2. The zero-order chi connectivity index (χ0) is 14.5. The Bertz CT molecular complexity index is 367. The number of hydrogen-bond donors (Lipinski definition) is 1. The fraction of sp³-hybridized carbons (Fsp3) is 0.615. The van der Waals surface area contributed by atoms with Crippen LogP contribution in [-0.4, -0.2) is 35.2 Å². The van der Waals surface area contributed by atoms with Gasteiger partial charge in [0.05, 0.1) is 12.6 Å². The third-order valence-corrected chi connectivity index (χ3v) is 3.08. The molecule has 0 saturated heterocycles. The molecule has 2 N–H and O–H groups in total. The van der Waals surface area contributed by atoms with Crippen LogP contribution in [0.2, 0.25) is 0 Å². The average molecular weight is 275 g/mol. The van der Waals surface area contributed by atoms with Gasteiger partial charge < -0.3 is 5.73 Å². The van der Waals surface area contributed by atoms with E-state index >= 15 is 0 Å². The first-order valence-electron chi connectivity index (χ1n) is 6.35. The van der Waals surface area contributed by atoms with Crippen molar-refractivity contribution in [1.82, 2.24) is 9.88 Å². The molecule has 3 nitrogen and oxygen atoms in total. The van der Waals surface area contributed by atoms with E-state index in [9.17, 15) is 13.2 Å². The van der Waals surface area contributed by atoms with Gasteiger partial charge >= 0.3 is 6.18 Å². The Labute approximate surface area is 111 Å². The lowest BCUT2D eigenvalue weighted by Crippen LogP contribution is -2.44. The van der Waals surface area contributed by atoms with E-state index in [1.54, 1.807) is 31.5 Å². The molecule has 2 atom stereocenters. The predicted molar refractivity (Wildman–Crippen MR) is 68.5 cm³/mol. The van der Waals surface area contributed by atoms with Gasteiger partial charge in [-0.1, -0.05) is 19.9 Å². The van der Waals surface area contributed by atoms with Gasteiger partial charge in [-0.15, -0.1) is 0 Å². The number of halogens is 3. The molecule has 108 valence electrons. The fourth-order valence-electron chi connectivity index (χ4n) is 2.14. The van der Waals surface area contributed by atoms with Crippen LogP contribution in [0.3, 0.4) is 0 Å². The van der Waals surface area contributed by atoms with Gasteiger partial charge in [-0.05, 0) is 24.6 Å². The van der Waals surface area contributed by atoms with Crippen molar-refractivity contribution in [3.8, 4) is 0 Å². The Hall–Kier alpha value is -1.14. The summed E-state index contributed by atoms with van der Waals surface area (Å²) in [5, 5.41) is 0. The minimum absolute atomic E-state index is 0.284. The lowest BCUT2D eigenvalue weighted by molar-refractivity contribution is -0.151. The molecule has 0 saturated carbocycles. The van der Waals surface area contributed by atoms with Crippen molar-refractivity contribution in [2.75, 3.05) is 13.1 Å². The summed E-state index contributed by atoms with van der Waals surface area (Å²) < 4.78 is 37.9. The maximum Gasteiger partial charge on any atom is 0.401 e. The summed E-state index contributed by atoms with van der Waals surface area (Å²) in [5.41, 5.74) is 6.73. The molecule has 0 radical (unpaired) electrons. The molecular weight excluding hydrogens is 255 g/mol. The normalized spacial score (nSPS) is 15.5. The molecule has 0 aliphatic rings. The van der Waals surface area contributed by atoms with E-state index in [0.717, 1.165) is 5.56 Å². The van der Waals surface area contributed by atoms with Gasteiger partial charge in [0.25, 0.3) is 0 Å². The molecule has 1 aromatic rings. The quantitative estimate of drug-likeness (QED) is 0.868. The van der Waals surface area contributed by atoms with Crippen LogP contribution in [-0.2, 0) is 0 Å². The smallest absolute Gasteiger partial charge is 0.326 e. The summed E-state index contributed by atoms with van der Waals surface area (Å²) in [6.07, 6.45) is -0.449. The number of rotatable bonds is 6. The summed E-state index contributed by atoms with van der Waals surface area (Å²) in [6.45, 7) is 2.90. The number of pyridine rings is 1. The highest BCUT2D eigenvalue weighted by atomic mass is 19.4. The molecule has 0 bridgehead atoms. The third-order valence-electron chi connectivity index (χ3n) is 3.08. The Morgan fingerprint density at radius 1 is 1.37 bits per heavy atom. The molecule has 0 amide bonds. The van der Waals surface area contributed by atoms with Gasteiger partial charge in [0.15, 0.2) is 0 Å². The van der Waals surface area contributed by atoms with Crippen LogP contribution in [0.5, 0.6) is 0 Å². The minimum atomic E-state index is -4.23. The second kappa shape index (κ2) is 6.86. The zero-order valence-electron chi connectivity index (χ0n) is 11.2. The highest BCUT2D eigenvalue weighted by Crippen LogP contribution is 2.28.